The van der Waals surface area contributed by atoms with Crippen LogP contribution in [0.2, 0.25) is 0 Å². The Morgan fingerprint density at radius 2 is 2.11 bits per heavy atom. The fraction of sp³-hybridized carbons (Fsp3) is 0.500. The lowest BCUT2D eigenvalue weighted by atomic mass is 9.79. The number of ether oxygens (including phenoxy) is 1. The van der Waals surface area contributed by atoms with Crippen LogP contribution in [-0.2, 0) is 11.3 Å². The first kappa shape index (κ1) is 15.1. The van der Waals surface area contributed by atoms with Crippen LogP contribution in [0.15, 0.2) is 18.2 Å². The number of benzene rings is 1. The van der Waals surface area contributed by atoms with Crippen LogP contribution in [0.1, 0.15) is 12.5 Å². The Morgan fingerprint density at radius 3 is 2.67 bits per heavy atom. The average Bonchev–Trinajstić information content (AvgIpc) is 2.31. The molecule has 1 atom stereocenters. The first-order chi connectivity index (χ1) is 8.45. The highest BCUT2D eigenvalue weighted by Gasteiger charge is 2.17. The van der Waals surface area contributed by atoms with Crippen molar-refractivity contribution in [3.63, 3.8) is 0 Å². The van der Waals surface area contributed by atoms with E-state index in [1.54, 1.807) is 13.2 Å². The van der Waals surface area contributed by atoms with Crippen LogP contribution in [-0.4, -0.2) is 48.9 Å². The average molecular weight is 255 g/mol. The van der Waals surface area contributed by atoms with Gasteiger partial charge >= 0.3 is 7.12 Å². The Balaban J connectivity index is 2.76. The third-order valence-corrected chi connectivity index (χ3v) is 2.93. The normalized spacial score (nSPS) is 12.8. The summed E-state index contributed by atoms with van der Waals surface area (Å²) >= 11 is 0. The van der Waals surface area contributed by atoms with Crippen LogP contribution in [0.25, 0.3) is 0 Å². The summed E-state index contributed by atoms with van der Waals surface area (Å²) in [5.41, 5.74) is 0.727. The Hall–Kier alpha value is -0.945. The van der Waals surface area contributed by atoms with Gasteiger partial charge in [0.25, 0.3) is 0 Å². The maximum atomic E-state index is 13.3. The quantitative estimate of drug-likeness (QED) is 0.701. The van der Waals surface area contributed by atoms with Crippen LogP contribution in [0, 0.1) is 5.82 Å². The molecule has 0 aliphatic carbocycles. The van der Waals surface area contributed by atoms with Crippen molar-refractivity contribution < 1.29 is 19.2 Å². The van der Waals surface area contributed by atoms with Crippen molar-refractivity contribution in [2.75, 3.05) is 20.8 Å². The van der Waals surface area contributed by atoms with Crippen molar-refractivity contribution in [2.45, 2.75) is 19.5 Å². The minimum atomic E-state index is -1.79. The van der Waals surface area contributed by atoms with Crippen LogP contribution < -0.4 is 5.46 Å². The smallest absolute Gasteiger partial charge is 0.423 e. The fourth-order valence-electron chi connectivity index (χ4n) is 1.70. The second-order valence-corrected chi connectivity index (χ2v) is 4.45. The summed E-state index contributed by atoms with van der Waals surface area (Å²) in [6.45, 7) is 3.21. The van der Waals surface area contributed by atoms with E-state index >= 15 is 0 Å². The summed E-state index contributed by atoms with van der Waals surface area (Å²) in [4.78, 5) is 2.05. The summed E-state index contributed by atoms with van der Waals surface area (Å²) < 4.78 is 18.3. The zero-order valence-electron chi connectivity index (χ0n) is 10.9. The molecule has 0 aromatic heterocycles. The Morgan fingerprint density at radius 1 is 1.44 bits per heavy atom. The molecule has 2 N–H and O–H groups in total. The summed E-state index contributed by atoms with van der Waals surface area (Å²) in [6, 6.07) is 4.58. The minimum Gasteiger partial charge on any atom is -0.423 e. The molecule has 0 amide bonds. The lowest BCUT2D eigenvalue weighted by molar-refractivity contribution is 0.112. The van der Waals surface area contributed by atoms with E-state index < -0.39 is 12.9 Å². The standard InChI is InChI=1S/C12H19BFNO3/c1-9(8-18-3)15(2)7-10-4-5-12(14)11(6-10)13(16)17/h4-6,9,16-17H,7-8H2,1-3H3. The van der Waals surface area contributed by atoms with Crippen LogP contribution in [0.5, 0.6) is 0 Å². The molecular weight excluding hydrogens is 236 g/mol. The summed E-state index contributed by atoms with van der Waals surface area (Å²) in [5.74, 6) is -0.610. The van der Waals surface area contributed by atoms with Crippen molar-refractivity contribution >= 4 is 12.6 Å². The first-order valence-corrected chi connectivity index (χ1v) is 5.79. The van der Waals surface area contributed by atoms with Gasteiger partial charge in [0.1, 0.15) is 5.82 Å². The van der Waals surface area contributed by atoms with Gasteiger partial charge in [-0.15, -0.1) is 0 Å². The number of hydrogen-bond acceptors (Lipinski definition) is 4. The Labute approximate surface area is 107 Å². The van der Waals surface area contributed by atoms with E-state index in [1.165, 1.54) is 12.1 Å². The van der Waals surface area contributed by atoms with Crippen molar-refractivity contribution in [2.24, 2.45) is 0 Å². The van der Waals surface area contributed by atoms with Crippen molar-refractivity contribution in [1.82, 2.24) is 4.90 Å². The van der Waals surface area contributed by atoms with Gasteiger partial charge in [-0.25, -0.2) is 4.39 Å². The number of likely N-dealkylation sites (N-methyl/N-ethyl adjacent to an activating group) is 1. The van der Waals surface area contributed by atoms with Gasteiger partial charge in [-0.2, -0.15) is 0 Å². The molecule has 0 radical (unpaired) electrons. The van der Waals surface area contributed by atoms with Gasteiger partial charge in [-0.05, 0) is 25.6 Å². The topological polar surface area (TPSA) is 52.9 Å². The SMILES string of the molecule is COCC(C)N(C)Cc1ccc(F)c(B(O)O)c1. The lowest BCUT2D eigenvalue weighted by Gasteiger charge is -2.24. The second kappa shape index (κ2) is 6.85. The van der Waals surface area contributed by atoms with Crippen molar-refractivity contribution in [1.29, 1.82) is 0 Å². The monoisotopic (exact) mass is 255 g/mol. The zero-order valence-corrected chi connectivity index (χ0v) is 10.9. The molecule has 6 heteroatoms. The molecule has 1 aromatic carbocycles. The molecule has 0 saturated heterocycles. The third-order valence-electron chi connectivity index (χ3n) is 2.93. The first-order valence-electron chi connectivity index (χ1n) is 5.79. The molecule has 0 bridgehead atoms. The maximum absolute atomic E-state index is 13.3. The van der Waals surface area contributed by atoms with E-state index in [0.29, 0.717) is 13.2 Å². The largest absolute Gasteiger partial charge is 0.491 e. The highest BCUT2D eigenvalue weighted by Crippen LogP contribution is 2.07. The molecule has 0 spiro atoms. The van der Waals surface area contributed by atoms with Gasteiger partial charge in [0, 0.05) is 25.2 Å². The number of methoxy groups -OCH3 is 1. The maximum Gasteiger partial charge on any atom is 0.491 e. The number of halogens is 1. The van der Waals surface area contributed by atoms with Gasteiger partial charge in [0.2, 0.25) is 0 Å². The Kier molecular flexibility index (Phi) is 5.75. The van der Waals surface area contributed by atoms with E-state index in [-0.39, 0.29) is 11.5 Å². The van der Waals surface area contributed by atoms with Gasteiger partial charge in [0.05, 0.1) is 6.61 Å². The molecule has 100 valence electrons. The molecule has 1 unspecified atom stereocenters. The summed E-state index contributed by atoms with van der Waals surface area (Å²) in [6.07, 6.45) is 0. The van der Waals surface area contributed by atoms with Gasteiger partial charge in [-0.3, -0.25) is 4.90 Å². The van der Waals surface area contributed by atoms with Crippen LogP contribution in [0.4, 0.5) is 4.39 Å². The van der Waals surface area contributed by atoms with Crippen LogP contribution in [0.3, 0.4) is 0 Å². The number of nitrogens with zero attached hydrogens (tertiary/aromatic N) is 1. The number of rotatable bonds is 6. The lowest BCUT2D eigenvalue weighted by Crippen LogP contribution is -2.35. The van der Waals surface area contributed by atoms with E-state index in [1.807, 2.05) is 18.9 Å². The molecule has 4 nitrogen and oxygen atoms in total. The van der Waals surface area contributed by atoms with Gasteiger partial charge < -0.3 is 14.8 Å². The molecule has 0 saturated carbocycles. The molecular formula is C12H19BFNO3. The molecule has 0 aliphatic heterocycles. The van der Waals surface area contributed by atoms with Gasteiger partial charge in [0.15, 0.2) is 0 Å². The molecule has 0 fully saturated rings. The van der Waals surface area contributed by atoms with Crippen molar-refractivity contribution in [3.8, 4) is 0 Å². The predicted octanol–water partition coefficient (Wildman–Crippen LogP) is -0.0278. The zero-order chi connectivity index (χ0) is 13.7. The molecule has 0 heterocycles. The van der Waals surface area contributed by atoms with E-state index in [4.69, 9.17) is 14.8 Å². The molecule has 18 heavy (non-hydrogen) atoms. The molecule has 1 aromatic rings. The number of hydrogen-bond donors (Lipinski definition) is 2. The Bertz CT molecular complexity index is 390. The van der Waals surface area contributed by atoms with Crippen molar-refractivity contribution in [3.05, 3.63) is 29.6 Å². The molecule has 1 rings (SSSR count). The van der Waals surface area contributed by atoms with E-state index in [9.17, 15) is 4.39 Å². The fourth-order valence-corrected chi connectivity index (χ4v) is 1.70. The predicted molar refractivity (Wildman–Crippen MR) is 69.0 cm³/mol. The van der Waals surface area contributed by atoms with Crippen LogP contribution >= 0.6 is 0 Å². The highest BCUT2D eigenvalue weighted by atomic mass is 19.1. The van der Waals surface area contributed by atoms with Gasteiger partial charge in [-0.1, -0.05) is 12.1 Å². The summed E-state index contributed by atoms with van der Waals surface area (Å²) in [5, 5.41) is 18.1. The minimum absolute atomic E-state index is 0.0969. The third kappa shape index (κ3) is 4.06. The highest BCUT2D eigenvalue weighted by molar-refractivity contribution is 6.58. The molecule has 0 aliphatic rings. The second-order valence-electron chi connectivity index (χ2n) is 4.45. The van der Waals surface area contributed by atoms with E-state index in [2.05, 4.69) is 0 Å². The van der Waals surface area contributed by atoms with E-state index in [0.717, 1.165) is 5.56 Å². The summed E-state index contributed by atoms with van der Waals surface area (Å²) in [7, 11) is 1.79.